The van der Waals surface area contributed by atoms with Crippen LogP contribution in [-0.2, 0) is 46.4 Å². The van der Waals surface area contributed by atoms with Gasteiger partial charge in [-0.1, -0.05) is 62.4 Å². The van der Waals surface area contributed by atoms with Crippen LogP contribution in [0, 0.1) is 5.92 Å². The summed E-state index contributed by atoms with van der Waals surface area (Å²) in [5, 5.41) is 14.4. The molecule has 2 heterocycles. The van der Waals surface area contributed by atoms with Crippen LogP contribution in [0.3, 0.4) is 0 Å². The summed E-state index contributed by atoms with van der Waals surface area (Å²) in [4.78, 5) is 102. The molecule has 1 aliphatic heterocycles. The van der Waals surface area contributed by atoms with E-state index in [0.717, 1.165) is 20.7 Å². The van der Waals surface area contributed by atoms with Crippen molar-refractivity contribution in [3.05, 3.63) is 71.9 Å². The highest BCUT2D eigenvalue weighted by Gasteiger charge is 2.40. The fourth-order valence-corrected chi connectivity index (χ4v) is 7.13. The highest BCUT2D eigenvalue weighted by atomic mass is 32.1. The third kappa shape index (κ3) is 11.5. The molecule has 0 unspecified atom stereocenters. The summed E-state index contributed by atoms with van der Waals surface area (Å²) in [6.07, 6.45) is 1.85. The summed E-state index contributed by atoms with van der Waals surface area (Å²) >= 11 is 8.87. The molecule has 0 aliphatic carbocycles. The minimum atomic E-state index is -1.33. The number of benzene rings is 2. The van der Waals surface area contributed by atoms with E-state index in [4.69, 9.17) is 0 Å². The Morgan fingerprint density at radius 2 is 1.20 bits per heavy atom. The van der Waals surface area contributed by atoms with Gasteiger partial charge in [0.25, 0.3) is 0 Å². The number of carbonyl (C=O) groups is 7. The maximum absolute atomic E-state index is 14.6. The molecule has 5 atom stereocenters. The number of hydrogen-bond acceptors (Lipinski definition) is 9. The highest BCUT2D eigenvalue weighted by molar-refractivity contribution is 7.80. The quantitative estimate of drug-likeness (QED) is 0.125. The molecule has 6 N–H and O–H groups in total. The van der Waals surface area contributed by atoms with Crippen LogP contribution in [0.15, 0.2) is 60.8 Å². The number of nitrogens with one attached hydrogen (secondary N) is 6. The summed E-state index contributed by atoms with van der Waals surface area (Å²) in [5.41, 5.74) is 2.18. The first-order valence-electron chi connectivity index (χ1n) is 18.1. The molecule has 1 fully saturated rings. The van der Waals surface area contributed by atoms with Gasteiger partial charge in [0.05, 0.1) is 13.3 Å². The second-order valence-corrected chi connectivity index (χ2v) is 14.6. The van der Waals surface area contributed by atoms with Gasteiger partial charge in [0.1, 0.15) is 30.2 Å². The van der Waals surface area contributed by atoms with Crippen LogP contribution in [0.25, 0.3) is 10.9 Å². The van der Waals surface area contributed by atoms with E-state index < -0.39 is 84.9 Å². The number of fused-ring (bicyclic) bond motifs is 1. The van der Waals surface area contributed by atoms with E-state index >= 15 is 0 Å². The normalized spacial score (nSPS) is 21.7. The van der Waals surface area contributed by atoms with Gasteiger partial charge in [-0.3, -0.25) is 33.6 Å². The average molecular weight is 795 g/mol. The molecule has 1 saturated heterocycles. The van der Waals surface area contributed by atoms with Gasteiger partial charge in [0.15, 0.2) is 0 Å². The first kappa shape index (κ1) is 42.7. The van der Waals surface area contributed by atoms with Crippen molar-refractivity contribution in [3.8, 4) is 0 Å². The van der Waals surface area contributed by atoms with Crippen molar-refractivity contribution < 1.29 is 33.6 Å². The monoisotopic (exact) mass is 794 g/mol. The van der Waals surface area contributed by atoms with Crippen LogP contribution in [0.5, 0.6) is 0 Å². The molecule has 15 nitrogen and oxygen atoms in total. The Balaban J connectivity index is 1.90. The van der Waals surface area contributed by atoms with Gasteiger partial charge in [0, 0.05) is 55.3 Å². The van der Waals surface area contributed by atoms with E-state index in [1.54, 1.807) is 36.5 Å². The van der Waals surface area contributed by atoms with Crippen LogP contribution in [0.4, 0.5) is 0 Å². The summed E-state index contributed by atoms with van der Waals surface area (Å²) in [7, 11) is 0. The molecule has 4 rings (SSSR count). The van der Waals surface area contributed by atoms with Gasteiger partial charge in [-0.2, -0.15) is 25.3 Å². The summed E-state index contributed by atoms with van der Waals surface area (Å²) < 4.78 is 0. The maximum Gasteiger partial charge on any atom is 0.247 e. The van der Waals surface area contributed by atoms with Gasteiger partial charge in [0.2, 0.25) is 41.4 Å². The van der Waals surface area contributed by atoms with Crippen molar-refractivity contribution in [1.29, 1.82) is 0 Å². The topological polar surface area (TPSA) is 202 Å². The van der Waals surface area contributed by atoms with Crippen LogP contribution >= 0.6 is 25.3 Å². The number of nitrogens with zero attached hydrogens (tertiary/aromatic N) is 2. The Bertz CT molecular complexity index is 1860. The Kier molecular flexibility index (Phi) is 15.6. The van der Waals surface area contributed by atoms with Crippen molar-refractivity contribution in [1.82, 2.24) is 41.4 Å². The number of H-pyrrole nitrogens is 1. The lowest BCUT2D eigenvalue weighted by atomic mass is 9.99. The van der Waals surface area contributed by atoms with E-state index in [0.29, 0.717) is 11.1 Å². The zero-order valence-electron chi connectivity index (χ0n) is 31.3. The van der Waals surface area contributed by atoms with Gasteiger partial charge in [-0.25, -0.2) is 0 Å². The fraction of sp³-hybridized carbons (Fsp3) is 0.447. The standard InChI is InChI=1S/C38H50N8O7S2/c1-22(2)14-30-37(52)45(20-40-23(3)47)33(19-55)36(51)44-31(15-25-10-6-5-7-11-25)38(53)46(21-41-24(4)48)32(18-54)35(50)42-29(34(49)43-30)16-26-17-39-28-13-9-8-12-27(26)28/h5-13,17,22,29-33,39,54-55H,14-16,18-21H2,1-4H3,(H,40,47)(H,41,48)(H,42,50)(H,43,49)(H,44,51)/t29-,30+,31-,32+,33+/m1/s1. The smallest absolute Gasteiger partial charge is 0.247 e. The Labute approximate surface area is 331 Å². The second kappa shape index (κ2) is 20.0. The lowest BCUT2D eigenvalue weighted by Gasteiger charge is -2.35. The van der Waals surface area contributed by atoms with Crippen LogP contribution in [-0.4, -0.2) is 111 Å². The second-order valence-electron chi connectivity index (χ2n) is 13.9. The highest BCUT2D eigenvalue weighted by Crippen LogP contribution is 2.21. The predicted molar refractivity (Wildman–Crippen MR) is 214 cm³/mol. The van der Waals surface area contributed by atoms with Gasteiger partial charge >= 0.3 is 0 Å². The van der Waals surface area contributed by atoms with Crippen LogP contribution < -0.4 is 26.6 Å². The van der Waals surface area contributed by atoms with Crippen molar-refractivity contribution in [2.45, 2.75) is 77.2 Å². The van der Waals surface area contributed by atoms with Crippen molar-refractivity contribution >= 4 is 77.5 Å². The maximum atomic E-state index is 14.6. The number of carbonyl (C=O) groups excluding carboxylic acids is 7. The Morgan fingerprint density at radius 1 is 0.691 bits per heavy atom. The summed E-state index contributed by atoms with van der Waals surface area (Å²) in [6.45, 7) is 5.41. The van der Waals surface area contributed by atoms with Crippen LogP contribution in [0.2, 0.25) is 0 Å². The number of rotatable bonds is 12. The molecule has 3 aromatic rings. The van der Waals surface area contributed by atoms with Crippen molar-refractivity contribution in [3.63, 3.8) is 0 Å². The third-order valence-corrected chi connectivity index (χ3v) is 9.91. The molecule has 0 saturated carbocycles. The molecule has 7 amide bonds. The lowest BCUT2D eigenvalue weighted by molar-refractivity contribution is -0.146. The molecule has 55 heavy (non-hydrogen) atoms. The summed E-state index contributed by atoms with van der Waals surface area (Å²) in [6, 6.07) is 9.90. The van der Waals surface area contributed by atoms with E-state index in [-0.39, 0.29) is 36.7 Å². The van der Waals surface area contributed by atoms with Gasteiger partial charge in [-0.15, -0.1) is 0 Å². The molecule has 0 radical (unpaired) electrons. The van der Waals surface area contributed by atoms with Crippen molar-refractivity contribution in [2.24, 2.45) is 5.92 Å². The minimum absolute atomic E-state index is 0.00530. The van der Waals surface area contributed by atoms with E-state index in [1.807, 2.05) is 38.1 Å². The Morgan fingerprint density at radius 3 is 1.75 bits per heavy atom. The fourth-order valence-electron chi connectivity index (χ4n) is 6.40. The van der Waals surface area contributed by atoms with E-state index in [9.17, 15) is 33.6 Å². The lowest BCUT2D eigenvalue weighted by Crippen LogP contribution is -2.62. The number of hydrogen-bond donors (Lipinski definition) is 8. The SMILES string of the molecule is CC(=O)NCN1C(=O)[C@H](CC(C)C)NC(=O)[C@@H](Cc2c[nH]c3ccccc23)NC(=O)[C@H](CS)N(CNC(C)=O)C(=O)[C@@H](Cc2ccccc2)NC(=O)[C@@H]1CS. The minimum Gasteiger partial charge on any atom is -0.361 e. The molecule has 296 valence electrons. The van der Waals surface area contributed by atoms with E-state index in [1.165, 1.54) is 13.8 Å². The third-order valence-electron chi connectivity index (χ3n) is 9.22. The summed E-state index contributed by atoms with van der Waals surface area (Å²) in [5.74, 6) is -5.14. The number of amides is 7. The number of aromatic amines is 1. The average Bonchev–Trinajstić information content (AvgIpc) is 3.55. The predicted octanol–water partition coefficient (Wildman–Crippen LogP) is 0.908. The van der Waals surface area contributed by atoms with E-state index in [2.05, 4.69) is 56.8 Å². The molecular formula is C38H50N8O7S2. The zero-order valence-corrected chi connectivity index (χ0v) is 33.1. The first-order chi connectivity index (χ1) is 26.2. The largest absolute Gasteiger partial charge is 0.361 e. The van der Waals surface area contributed by atoms with Gasteiger partial charge < -0.3 is 41.4 Å². The molecule has 0 spiro atoms. The Hall–Kier alpha value is -5.03. The zero-order chi connectivity index (χ0) is 40.2. The van der Waals surface area contributed by atoms with Gasteiger partial charge in [-0.05, 0) is 29.5 Å². The number of thiol groups is 2. The first-order valence-corrected chi connectivity index (χ1v) is 19.3. The molecule has 2 aromatic carbocycles. The molecule has 1 aliphatic rings. The van der Waals surface area contributed by atoms with Crippen LogP contribution in [0.1, 0.15) is 45.2 Å². The molecular weight excluding hydrogens is 745 g/mol. The number of para-hydroxylation sites is 1. The molecule has 17 heteroatoms. The molecule has 0 bridgehead atoms. The molecule has 1 aromatic heterocycles. The number of aromatic nitrogens is 1. The van der Waals surface area contributed by atoms with Crippen molar-refractivity contribution in [2.75, 3.05) is 24.8 Å².